The number of rotatable bonds is 4. The summed E-state index contributed by atoms with van der Waals surface area (Å²) in [6.45, 7) is 13.8. The fourth-order valence-corrected chi connectivity index (χ4v) is 3.83. The molecule has 1 heterocycles. The third-order valence-electron chi connectivity index (χ3n) is 5.03. The Kier molecular flexibility index (Phi) is 5.15. The van der Waals surface area contributed by atoms with Gasteiger partial charge in [0.2, 0.25) is 0 Å². The fourth-order valence-electron chi connectivity index (χ4n) is 2.42. The zero-order valence-electron chi connectivity index (χ0n) is 15.0. The van der Waals surface area contributed by atoms with E-state index < -0.39 is 13.9 Å². The molecule has 1 aromatic rings. The van der Waals surface area contributed by atoms with E-state index in [1.807, 2.05) is 25.1 Å². The Balaban J connectivity index is 2.04. The van der Waals surface area contributed by atoms with Crippen LogP contribution in [-0.4, -0.2) is 26.3 Å². The van der Waals surface area contributed by atoms with Crippen LogP contribution in [0.4, 0.5) is 0 Å². The molecule has 2 rings (SSSR count). The second-order valence-corrected chi connectivity index (χ2v) is 13.9. The largest absolute Gasteiger partial charge is 0.486 e. The SMILES string of the molecule is CC1(CCO[Si](C)(C)C(C)(C)C)CC(=O)c2cc(Br)ccc2O1. The summed E-state index contributed by atoms with van der Waals surface area (Å²) < 4.78 is 13.3. The van der Waals surface area contributed by atoms with Crippen LogP contribution in [0.5, 0.6) is 5.75 Å². The molecule has 0 aromatic heterocycles. The van der Waals surface area contributed by atoms with Gasteiger partial charge in [0.05, 0.1) is 12.0 Å². The summed E-state index contributed by atoms with van der Waals surface area (Å²) in [5, 5.41) is 0.190. The molecule has 1 aliphatic heterocycles. The first kappa shape index (κ1) is 18.7. The lowest BCUT2D eigenvalue weighted by atomic mass is 9.89. The van der Waals surface area contributed by atoms with Gasteiger partial charge in [0.1, 0.15) is 11.4 Å². The van der Waals surface area contributed by atoms with E-state index in [-0.39, 0.29) is 10.8 Å². The van der Waals surface area contributed by atoms with Gasteiger partial charge in [-0.15, -0.1) is 0 Å². The van der Waals surface area contributed by atoms with Gasteiger partial charge in [0, 0.05) is 17.5 Å². The minimum atomic E-state index is -1.77. The molecule has 0 aliphatic carbocycles. The van der Waals surface area contributed by atoms with Crippen molar-refractivity contribution < 1.29 is 14.0 Å². The Hall–Kier alpha value is -0.653. The van der Waals surface area contributed by atoms with Gasteiger partial charge in [-0.05, 0) is 43.3 Å². The molecule has 0 amide bonds. The van der Waals surface area contributed by atoms with Crippen LogP contribution in [0, 0.1) is 0 Å². The molecule has 1 atom stereocenters. The van der Waals surface area contributed by atoms with E-state index in [9.17, 15) is 4.79 Å². The zero-order chi connectivity index (χ0) is 17.5. The molecular formula is C18H27BrO3Si. The third kappa shape index (κ3) is 4.25. The van der Waals surface area contributed by atoms with E-state index in [4.69, 9.17) is 9.16 Å². The molecule has 5 heteroatoms. The second kappa shape index (κ2) is 6.34. The van der Waals surface area contributed by atoms with Gasteiger partial charge < -0.3 is 9.16 Å². The van der Waals surface area contributed by atoms with Crippen molar-refractivity contribution >= 4 is 30.0 Å². The van der Waals surface area contributed by atoms with Crippen molar-refractivity contribution in [2.45, 2.75) is 64.3 Å². The summed E-state index contributed by atoms with van der Waals surface area (Å²) in [7, 11) is -1.77. The van der Waals surface area contributed by atoms with Crippen molar-refractivity contribution in [2.75, 3.05) is 6.61 Å². The summed E-state index contributed by atoms with van der Waals surface area (Å²) in [5.41, 5.74) is 0.183. The van der Waals surface area contributed by atoms with Crippen molar-refractivity contribution in [1.82, 2.24) is 0 Å². The molecule has 1 aliphatic rings. The number of ether oxygens (including phenoxy) is 1. The van der Waals surface area contributed by atoms with Crippen molar-refractivity contribution in [1.29, 1.82) is 0 Å². The van der Waals surface area contributed by atoms with Crippen molar-refractivity contribution in [3.63, 3.8) is 0 Å². The Morgan fingerprint density at radius 3 is 2.61 bits per heavy atom. The maximum atomic E-state index is 12.4. The monoisotopic (exact) mass is 398 g/mol. The van der Waals surface area contributed by atoms with Crippen LogP contribution in [0.3, 0.4) is 0 Å². The Bertz CT molecular complexity index is 607. The number of carbonyl (C=O) groups excluding carboxylic acids is 1. The van der Waals surface area contributed by atoms with Crippen LogP contribution < -0.4 is 4.74 Å². The average molecular weight is 399 g/mol. The smallest absolute Gasteiger partial charge is 0.191 e. The molecule has 0 radical (unpaired) electrons. The maximum Gasteiger partial charge on any atom is 0.191 e. The van der Waals surface area contributed by atoms with Crippen molar-refractivity contribution in [2.24, 2.45) is 0 Å². The third-order valence-corrected chi connectivity index (χ3v) is 10.1. The predicted octanol–water partition coefficient (Wildman–Crippen LogP) is 5.58. The number of hydrogen-bond acceptors (Lipinski definition) is 3. The van der Waals surface area contributed by atoms with E-state index in [2.05, 4.69) is 49.8 Å². The lowest BCUT2D eigenvalue weighted by molar-refractivity contribution is 0.0369. The average Bonchev–Trinajstić information content (AvgIpc) is 2.38. The van der Waals surface area contributed by atoms with E-state index in [0.29, 0.717) is 24.3 Å². The van der Waals surface area contributed by atoms with Gasteiger partial charge in [0.15, 0.2) is 14.1 Å². The Morgan fingerprint density at radius 2 is 2.00 bits per heavy atom. The van der Waals surface area contributed by atoms with Crippen molar-refractivity contribution in [3.8, 4) is 5.75 Å². The van der Waals surface area contributed by atoms with Crippen LogP contribution in [0.1, 0.15) is 50.9 Å². The lowest BCUT2D eigenvalue weighted by Crippen LogP contribution is -2.44. The van der Waals surface area contributed by atoms with Crippen LogP contribution >= 0.6 is 15.9 Å². The number of carbonyl (C=O) groups is 1. The number of fused-ring (bicyclic) bond motifs is 1. The molecule has 0 saturated heterocycles. The molecule has 0 bridgehead atoms. The second-order valence-electron chi connectivity index (χ2n) is 8.15. The normalized spacial score (nSPS) is 21.8. The number of benzene rings is 1. The minimum Gasteiger partial charge on any atom is -0.486 e. The highest BCUT2D eigenvalue weighted by atomic mass is 79.9. The van der Waals surface area contributed by atoms with E-state index in [1.165, 1.54) is 0 Å². The van der Waals surface area contributed by atoms with Crippen molar-refractivity contribution in [3.05, 3.63) is 28.2 Å². The molecule has 3 nitrogen and oxygen atoms in total. The summed E-state index contributed by atoms with van der Waals surface area (Å²) in [4.78, 5) is 12.4. The van der Waals surface area contributed by atoms with Gasteiger partial charge in [0.25, 0.3) is 0 Å². The highest BCUT2D eigenvalue weighted by Crippen LogP contribution is 2.39. The number of ketones is 1. The van der Waals surface area contributed by atoms with Crippen LogP contribution in [-0.2, 0) is 4.43 Å². The highest BCUT2D eigenvalue weighted by Gasteiger charge is 2.40. The molecule has 1 aromatic carbocycles. The summed E-state index contributed by atoms with van der Waals surface area (Å²) in [6, 6.07) is 5.61. The van der Waals surface area contributed by atoms with Gasteiger partial charge in [-0.1, -0.05) is 36.7 Å². The lowest BCUT2D eigenvalue weighted by Gasteiger charge is -2.39. The first-order chi connectivity index (χ1) is 10.4. The fraction of sp³-hybridized carbons (Fsp3) is 0.611. The molecule has 23 heavy (non-hydrogen) atoms. The van der Waals surface area contributed by atoms with E-state index >= 15 is 0 Å². The molecule has 0 spiro atoms. The standard InChI is InChI=1S/C18H27BrO3Si/c1-17(2,3)23(5,6)21-10-9-18(4)12-15(20)14-11-13(19)7-8-16(14)22-18/h7-8,11H,9-10,12H2,1-6H3. The number of Topliss-reactive ketones (excluding diaryl/α,β-unsaturated/α-hetero) is 1. The topological polar surface area (TPSA) is 35.5 Å². The van der Waals surface area contributed by atoms with Crippen LogP contribution in [0.2, 0.25) is 18.1 Å². The Morgan fingerprint density at radius 1 is 1.35 bits per heavy atom. The summed E-state index contributed by atoms with van der Waals surface area (Å²) in [5.74, 6) is 0.821. The zero-order valence-corrected chi connectivity index (χ0v) is 17.5. The minimum absolute atomic E-state index is 0.141. The first-order valence-corrected chi connectivity index (χ1v) is 11.8. The molecule has 128 valence electrons. The van der Waals surface area contributed by atoms with Gasteiger partial charge >= 0.3 is 0 Å². The van der Waals surface area contributed by atoms with Crippen LogP contribution in [0.25, 0.3) is 0 Å². The highest BCUT2D eigenvalue weighted by molar-refractivity contribution is 9.10. The number of halogens is 1. The van der Waals surface area contributed by atoms with Gasteiger partial charge in [-0.3, -0.25) is 4.79 Å². The predicted molar refractivity (Wildman–Crippen MR) is 99.9 cm³/mol. The van der Waals surface area contributed by atoms with E-state index in [0.717, 1.165) is 10.9 Å². The summed E-state index contributed by atoms with van der Waals surface area (Å²) in [6.07, 6.45) is 1.12. The first-order valence-electron chi connectivity index (χ1n) is 8.09. The van der Waals surface area contributed by atoms with Gasteiger partial charge in [-0.25, -0.2) is 0 Å². The van der Waals surface area contributed by atoms with Crippen LogP contribution in [0.15, 0.2) is 22.7 Å². The molecule has 0 fully saturated rings. The van der Waals surface area contributed by atoms with E-state index in [1.54, 1.807) is 0 Å². The molecule has 0 N–H and O–H groups in total. The van der Waals surface area contributed by atoms with Gasteiger partial charge in [-0.2, -0.15) is 0 Å². The maximum absolute atomic E-state index is 12.4. The quantitative estimate of drug-likeness (QED) is 0.620. The molecule has 0 saturated carbocycles. The Labute approximate surface area is 149 Å². The molecule has 1 unspecified atom stereocenters. The number of hydrogen-bond donors (Lipinski definition) is 0. The molecular weight excluding hydrogens is 372 g/mol. The summed E-state index contributed by atoms with van der Waals surface area (Å²) >= 11 is 3.41.